The van der Waals surface area contributed by atoms with Crippen molar-refractivity contribution in [1.29, 1.82) is 0 Å². The summed E-state index contributed by atoms with van der Waals surface area (Å²) in [6.07, 6.45) is 2.37. The van der Waals surface area contributed by atoms with Gasteiger partial charge < -0.3 is 15.0 Å². The van der Waals surface area contributed by atoms with E-state index in [4.69, 9.17) is 4.74 Å². The van der Waals surface area contributed by atoms with Crippen LogP contribution in [0.4, 0.5) is 0 Å². The molecule has 2 heterocycles. The number of rotatable bonds is 8. The number of carbonyl (C=O) groups excluding carboxylic acids is 2. The number of nitrogens with zero attached hydrogens (tertiary/aromatic N) is 1. The van der Waals surface area contributed by atoms with Gasteiger partial charge in [0.15, 0.2) is 0 Å². The van der Waals surface area contributed by atoms with Crippen LogP contribution in [-0.4, -0.2) is 36.0 Å². The van der Waals surface area contributed by atoms with E-state index in [-0.39, 0.29) is 30.4 Å². The molecule has 0 spiro atoms. The standard InChI is InChI=1S/C22H28N2O3S/c1-16-7-9-18(10-8-16)21(23-17(2)25)13-22(26)24(14-19-5-3-11-27-19)15-20-6-4-12-28-20/h4,6-10,12,19,21H,3,5,11,13-15H2,1-2H3,(H,23,25). The highest BCUT2D eigenvalue weighted by Gasteiger charge is 2.26. The van der Waals surface area contributed by atoms with E-state index in [1.165, 1.54) is 6.92 Å². The molecule has 2 unspecified atom stereocenters. The van der Waals surface area contributed by atoms with E-state index in [0.717, 1.165) is 35.5 Å². The molecule has 0 radical (unpaired) electrons. The summed E-state index contributed by atoms with van der Waals surface area (Å²) >= 11 is 1.65. The fraction of sp³-hybridized carbons (Fsp3) is 0.455. The third kappa shape index (κ3) is 5.91. The number of hydrogen-bond donors (Lipinski definition) is 1. The molecule has 1 aliphatic rings. The summed E-state index contributed by atoms with van der Waals surface area (Å²) in [5.74, 6) is -0.106. The fourth-order valence-electron chi connectivity index (χ4n) is 3.48. The minimum absolute atomic E-state index is 0.0308. The summed E-state index contributed by atoms with van der Waals surface area (Å²) in [5, 5.41) is 4.96. The van der Waals surface area contributed by atoms with E-state index < -0.39 is 0 Å². The molecule has 1 aromatic heterocycles. The second kappa shape index (κ2) is 9.85. The first-order valence-electron chi connectivity index (χ1n) is 9.76. The Morgan fingerprint density at radius 2 is 2.07 bits per heavy atom. The summed E-state index contributed by atoms with van der Waals surface area (Å²) in [5.41, 5.74) is 2.09. The zero-order valence-corrected chi connectivity index (χ0v) is 17.3. The Morgan fingerprint density at radius 1 is 1.29 bits per heavy atom. The van der Waals surface area contributed by atoms with Gasteiger partial charge in [-0.15, -0.1) is 11.3 Å². The number of thiophene rings is 1. The van der Waals surface area contributed by atoms with Crippen molar-refractivity contribution in [2.75, 3.05) is 13.2 Å². The lowest BCUT2D eigenvalue weighted by Crippen LogP contribution is -2.39. The Morgan fingerprint density at radius 3 is 2.68 bits per heavy atom. The predicted molar refractivity (Wildman–Crippen MR) is 111 cm³/mol. The molecule has 3 rings (SSSR count). The number of hydrogen-bond acceptors (Lipinski definition) is 4. The van der Waals surface area contributed by atoms with Crippen LogP contribution in [0.25, 0.3) is 0 Å². The van der Waals surface area contributed by atoms with Crippen LogP contribution >= 0.6 is 11.3 Å². The number of nitrogens with one attached hydrogen (secondary N) is 1. The maximum absolute atomic E-state index is 13.2. The molecule has 1 aromatic carbocycles. The monoisotopic (exact) mass is 400 g/mol. The highest BCUT2D eigenvalue weighted by Crippen LogP contribution is 2.22. The highest BCUT2D eigenvalue weighted by molar-refractivity contribution is 7.09. The number of amides is 2. The summed E-state index contributed by atoms with van der Waals surface area (Å²) in [6.45, 7) is 5.45. The molecular weight excluding hydrogens is 372 g/mol. The van der Waals surface area contributed by atoms with E-state index in [1.54, 1.807) is 11.3 Å². The third-order valence-corrected chi connectivity index (χ3v) is 5.82. The Balaban J connectivity index is 1.74. The molecule has 5 nitrogen and oxygen atoms in total. The zero-order chi connectivity index (χ0) is 19.9. The molecule has 1 fully saturated rings. The van der Waals surface area contributed by atoms with Crippen molar-refractivity contribution < 1.29 is 14.3 Å². The smallest absolute Gasteiger partial charge is 0.225 e. The minimum Gasteiger partial charge on any atom is -0.376 e. The average Bonchev–Trinajstić information content (AvgIpc) is 3.35. The average molecular weight is 401 g/mol. The van der Waals surface area contributed by atoms with Crippen LogP contribution in [-0.2, 0) is 20.9 Å². The van der Waals surface area contributed by atoms with Crippen LogP contribution in [0.2, 0.25) is 0 Å². The van der Waals surface area contributed by atoms with Gasteiger partial charge in [-0.25, -0.2) is 0 Å². The van der Waals surface area contributed by atoms with Crippen molar-refractivity contribution in [3.8, 4) is 0 Å². The van der Waals surface area contributed by atoms with Crippen molar-refractivity contribution in [2.24, 2.45) is 0 Å². The van der Waals surface area contributed by atoms with Crippen LogP contribution in [0.5, 0.6) is 0 Å². The Kier molecular flexibility index (Phi) is 7.23. The minimum atomic E-state index is -0.332. The molecule has 1 N–H and O–H groups in total. The predicted octanol–water partition coefficient (Wildman–Crippen LogP) is 3.83. The molecule has 0 aliphatic carbocycles. The van der Waals surface area contributed by atoms with Gasteiger partial charge in [-0.05, 0) is 36.8 Å². The zero-order valence-electron chi connectivity index (χ0n) is 16.5. The SMILES string of the molecule is CC(=O)NC(CC(=O)N(Cc1cccs1)CC1CCCO1)c1ccc(C)cc1. The van der Waals surface area contributed by atoms with Gasteiger partial charge in [0.25, 0.3) is 0 Å². The Labute approximate surface area is 170 Å². The molecule has 0 bridgehead atoms. The lowest BCUT2D eigenvalue weighted by Gasteiger charge is -2.27. The number of carbonyl (C=O) groups is 2. The molecular formula is C22H28N2O3S. The molecule has 2 aromatic rings. The van der Waals surface area contributed by atoms with Crippen LogP contribution in [0.1, 0.15) is 48.2 Å². The topological polar surface area (TPSA) is 58.6 Å². The van der Waals surface area contributed by atoms with E-state index in [1.807, 2.05) is 53.6 Å². The number of ether oxygens (including phenoxy) is 1. The van der Waals surface area contributed by atoms with Crippen molar-refractivity contribution in [2.45, 2.75) is 51.8 Å². The van der Waals surface area contributed by atoms with E-state index in [9.17, 15) is 9.59 Å². The fourth-order valence-corrected chi connectivity index (χ4v) is 4.20. The van der Waals surface area contributed by atoms with Gasteiger partial charge in [-0.3, -0.25) is 9.59 Å². The van der Waals surface area contributed by atoms with Gasteiger partial charge in [0.2, 0.25) is 11.8 Å². The molecule has 2 atom stereocenters. The Bertz CT molecular complexity index is 768. The van der Waals surface area contributed by atoms with Gasteiger partial charge in [-0.2, -0.15) is 0 Å². The molecule has 0 saturated carbocycles. The second-order valence-electron chi connectivity index (χ2n) is 7.36. The maximum Gasteiger partial charge on any atom is 0.225 e. The van der Waals surface area contributed by atoms with Gasteiger partial charge in [0.1, 0.15) is 0 Å². The van der Waals surface area contributed by atoms with E-state index >= 15 is 0 Å². The van der Waals surface area contributed by atoms with E-state index in [2.05, 4.69) is 5.32 Å². The second-order valence-corrected chi connectivity index (χ2v) is 8.39. The quantitative estimate of drug-likeness (QED) is 0.733. The highest BCUT2D eigenvalue weighted by atomic mass is 32.1. The summed E-state index contributed by atoms with van der Waals surface area (Å²) < 4.78 is 5.76. The first-order valence-corrected chi connectivity index (χ1v) is 10.6. The Hall–Kier alpha value is -2.18. The van der Waals surface area contributed by atoms with Crippen LogP contribution in [0.3, 0.4) is 0 Å². The first kappa shape index (κ1) is 20.6. The maximum atomic E-state index is 13.2. The van der Waals surface area contributed by atoms with Crippen molar-refractivity contribution in [3.63, 3.8) is 0 Å². The molecule has 28 heavy (non-hydrogen) atoms. The molecule has 1 saturated heterocycles. The molecule has 150 valence electrons. The third-order valence-electron chi connectivity index (χ3n) is 4.96. The van der Waals surface area contributed by atoms with E-state index in [0.29, 0.717) is 13.1 Å². The van der Waals surface area contributed by atoms with Crippen molar-refractivity contribution in [1.82, 2.24) is 10.2 Å². The molecule has 2 amide bonds. The number of aryl methyl sites for hydroxylation is 1. The summed E-state index contributed by atoms with van der Waals surface area (Å²) in [6, 6.07) is 11.7. The van der Waals surface area contributed by atoms with Gasteiger partial charge in [0.05, 0.1) is 25.1 Å². The normalized spacial score (nSPS) is 17.3. The molecule has 1 aliphatic heterocycles. The van der Waals surface area contributed by atoms with Gasteiger partial charge in [0, 0.05) is 25.0 Å². The lowest BCUT2D eigenvalue weighted by atomic mass is 10.0. The summed E-state index contributed by atoms with van der Waals surface area (Å²) in [7, 11) is 0. The van der Waals surface area contributed by atoms with Crippen molar-refractivity contribution in [3.05, 3.63) is 57.8 Å². The lowest BCUT2D eigenvalue weighted by molar-refractivity contribution is -0.134. The molecule has 6 heteroatoms. The largest absolute Gasteiger partial charge is 0.376 e. The van der Waals surface area contributed by atoms with Crippen LogP contribution < -0.4 is 5.32 Å². The number of benzene rings is 1. The van der Waals surface area contributed by atoms with Crippen LogP contribution in [0.15, 0.2) is 41.8 Å². The summed E-state index contributed by atoms with van der Waals surface area (Å²) in [4.78, 5) is 28.0. The van der Waals surface area contributed by atoms with Crippen molar-refractivity contribution >= 4 is 23.2 Å². The first-order chi connectivity index (χ1) is 13.5. The van der Waals surface area contributed by atoms with Gasteiger partial charge in [-0.1, -0.05) is 35.9 Å². The van der Waals surface area contributed by atoms with Crippen LogP contribution in [0, 0.1) is 6.92 Å². The van der Waals surface area contributed by atoms with Gasteiger partial charge >= 0.3 is 0 Å².